The smallest absolute Gasteiger partial charge is 0.280 e. The van der Waals surface area contributed by atoms with E-state index in [1.807, 2.05) is 13.8 Å². The Morgan fingerprint density at radius 2 is 1.96 bits per heavy atom. The first-order valence-corrected chi connectivity index (χ1v) is 10.4. The SMILES string of the molecule is CC(C)NC(=O)C[C@H]1CC[C@@H](CNC(=O)CCc2cc(=O)[nH]o2)N1CC1CC1. The molecule has 2 amide bonds. The van der Waals surface area contributed by atoms with Gasteiger partial charge in [-0.25, -0.2) is 0 Å². The summed E-state index contributed by atoms with van der Waals surface area (Å²) in [6, 6.07) is 2.07. The van der Waals surface area contributed by atoms with E-state index in [4.69, 9.17) is 4.52 Å². The van der Waals surface area contributed by atoms with Crippen LogP contribution in [0.25, 0.3) is 0 Å². The van der Waals surface area contributed by atoms with Gasteiger partial charge in [0, 0.05) is 56.5 Å². The normalized spacial score (nSPS) is 22.5. The Morgan fingerprint density at radius 3 is 2.61 bits per heavy atom. The summed E-state index contributed by atoms with van der Waals surface area (Å²) in [5.74, 6) is 1.30. The molecule has 8 nitrogen and oxygen atoms in total. The van der Waals surface area contributed by atoms with Crippen LogP contribution in [0.2, 0.25) is 0 Å². The van der Waals surface area contributed by atoms with Gasteiger partial charge in [-0.15, -0.1) is 0 Å². The number of H-pyrrole nitrogens is 1. The Bertz CT molecular complexity index is 722. The molecule has 0 spiro atoms. The summed E-state index contributed by atoms with van der Waals surface area (Å²) in [4.78, 5) is 37.9. The number of likely N-dealkylation sites (tertiary alicyclic amines) is 1. The van der Waals surface area contributed by atoms with E-state index in [1.165, 1.54) is 18.9 Å². The van der Waals surface area contributed by atoms with Crippen molar-refractivity contribution in [3.8, 4) is 0 Å². The molecule has 0 unspecified atom stereocenters. The van der Waals surface area contributed by atoms with Gasteiger partial charge in [-0.3, -0.25) is 19.3 Å². The van der Waals surface area contributed by atoms with E-state index < -0.39 is 0 Å². The number of carbonyl (C=O) groups excluding carboxylic acids is 2. The maximum absolute atomic E-state index is 12.2. The molecule has 3 rings (SSSR count). The molecule has 1 aromatic heterocycles. The predicted octanol–water partition coefficient (Wildman–Crippen LogP) is 1.17. The van der Waals surface area contributed by atoms with Crippen LogP contribution < -0.4 is 16.2 Å². The molecule has 1 saturated heterocycles. The fraction of sp³-hybridized carbons (Fsp3) is 0.750. The first-order chi connectivity index (χ1) is 13.4. The van der Waals surface area contributed by atoms with Crippen LogP contribution in [-0.2, 0) is 16.0 Å². The van der Waals surface area contributed by atoms with Crippen molar-refractivity contribution in [2.75, 3.05) is 13.1 Å². The number of hydrogen-bond acceptors (Lipinski definition) is 5. The van der Waals surface area contributed by atoms with Gasteiger partial charge in [0.25, 0.3) is 5.56 Å². The molecule has 1 aromatic rings. The zero-order valence-electron chi connectivity index (χ0n) is 16.8. The number of hydrogen-bond donors (Lipinski definition) is 3. The molecule has 0 radical (unpaired) electrons. The molecule has 0 aromatic carbocycles. The molecular weight excluding hydrogens is 360 g/mol. The van der Waals surface area contributed by atoms with Crippen LogP contribution in [0.5, 0.6) is 0 Å². The average Bonchev–Trinajstić information content (AvgIpc) is 3.24. The molecule has 8 heteroatoms. The highest BCUT2D eigenvalue weighted by Crippen LogP contribution is 2.35. The summed E-state index contributed by atoms with van der Waals surface area (Å²) in [6.45, 7) is 5.58. The van der Waals surface area contributed by atoms with Crippen molar-refractivity contribution in [3.05, 3.63) is 22.2 Å². The third kappa shape index (κ3) is 6.22. The van der Waals surface area contributed by atoms with E-state index >= 15 is 0 Å². The Balaban J connectivity index is 1.46. The van der Waals surface area contributed by atoms with Crippen LogP contribution >= 0.6 is 0 Å². The summed E-state index contributed by atoms with van der Waals surface area (Å²) < 4.78 is 4.98. The average molecular weight is 393 g/mol. The van der Waals surface area contributed by atoms with Crippen LogP contribution in [0, 0.1) is 5.92 Å². The van der Waals surface area contributed by atoms with Gasteiger partial charge in [0.2, 0.25) is 11.8 Å². The number of rotatable bonds is 10. The van der Waals surface area contributed by atoms with Crippen molar-refractivity contribution >= 4 is 11.8 Å². The van der Waals surface area contributed by atoms with Crippen molar-refractivity contribution in [2.45, 2.75) is 76.9 Å². The van der Waals surface area contributed by atoms with Gasteiger partial charge in [-0.2, -0.15) is 5.16 Å². The van der Waals surface area contributed by atoms with E-state index in [9.17, 15) is 14.4 Å². The van der Waals surface area contributed by atoms with Crippen LogP contribution in [0.15, 0.2) is 15.4 Å². The predicted molar refractivity (Wildman–Crippen MR) is 105 cm³/mol. The highest BCUT2D eigenvalue weighted by molar-refractivity contribution is 5.77. The van der Waals surface area contributed by atoms with Gasteiger partial charge in [-0.1, -0.05) is 0 Å². The second-order valence-electron chi connectivity index (χ2n) is 8.43. The van der Waals surface area contributed by atoms with E-state index in [0.29, 0.717) is 25.1 Å². The number of carbonyl (C=O) groups is 2. The molecule has 2 aliphatic rings. The molecule has 2 atom stereocenters. The Labute approximate surface area is 165 Å². The fourth-order valence-corrected chi connectivity index (χ4v) is 3.95. The van der Waals surface area contributed by atoms with Crippen molar-refractivity contribution in [2.24, 2.45) is 5.92 Å². The third-order valence-electron chi connectivity index (χ3n) is 5.52. The molecule has 0 bridgehead atoms. The number of aromatic nitrogens is 1. The van der Waals surface area contributed by atoms with Crippen LogP contribution in [0.4, 0.5) is 0 Å². The summed E-state index contributed by atoms with van der Waals surface area (Å²) in [6.07, 6.45) is 5.74. The van der Waals surface area contributed by atoms with E-state index in [-0.39, 0.29) is 41.9 Å². The van der Waals surface area contributed by atoms with Gasteiger partial charge in [0.15, 0.2) is 0 Å². The molecular formula is C20H32N4O4. The van der Waals surface area contributed by atoms with Gasteiger partial charge >= 0.3 is 0 Å². The number of aryl methyl sites for hydroxylation is 1. The zero-order chi connectivity index (χ0) is 20.1. The zero-order valence-corrected chi connectivity index (χ0v) is 16.8. The maximum Gasteiger partial charge on any atom is 0.280 e. The summed E-state index contributed by atoms with van der Waals surface area (Å²) >= 11 is 0. The highest BCUT2D eigenvalue weighted by Gasteiger charge is 2.38. The summed E-state index contributed by atoms with van der Waals surface area (Å²) in [7, 11) is 0. The van der Waals surface area contributed by atoms with Gasteiger partial charge in [0.05, 0.1) is 0 Å². The monoisotopic (exact) mass is 392 g/mol. The van der Waals surface area contributed by atoms with E-state index in [1.54, 1.807) is 0 Å². The molecule has 1 aliphatic carbocycles. The molecule has 156 valence electrons. The second kappa shape index (κ2) is 9.41. The Hall–Kier alpha value is -2.09. The molecule has 2 heterocycles. The Morgan fingerprint density at radius 1 is 1.21 bits per heavy atom. The number of nitrogens with zero attached hydrogens (tertiary/aromatic N) is 1. The lowest BCUT2D eigenvalue weighted by Gasteiger charge is -2.30. The first kappa shape index (κ1) is 20.6. The molecule has 28 heavy (non-hydrogen) atoms. The van der Waals surface area contributed by atoms with Gasteiger partial charge in [-0.05, 0) is 45.4 Å². The fourth-order valence-electron chi connectivity index (χ4n) is 3.95. The lowest BCUT2D eigenvalue weighted by molar-refractivity contribution is -0.123. The lowest BCUT2D eigenvalue weighted by atomic mass is 10.1. The number of aromatic amines is 1. The lowest BCUT2D eigenvalue weighted by Crippen LogP contribution is -2.46. The highest BCUT2D eigenvalue weighted by atomic mass is 16.5. The van der Waals surface area contributed by atoms with Crippen LogP contribution in [-0.4, -0.2) is 53.1 Å². The summed E-state index contributed by atoms with van der Waals surface area (Å²) in [5, 5.41) is 8.24. The van der Waals surface area contributed by atoms with Crippen molar-refractivity contribution in [1.29, 1.82) is 0 Å². The first-order valence-electron chi connectivity index (χ1n) is 10.4. The minimum atomic E-state index is -0.287. The number of nitrogens with one attached hydrogen (secondary N) is 3. The van der Waals surface area contributed by atoms with Gasteiger partial charge < -0.3 is 15.2 Å². The van der Waals surface area contributed by atoms with E-state index in [2.05, 4.69) is 20.7 Å². The van der Waals surface area contributed by atoms with Gasteiger partial charge in [0.1, 0.15) is 5.76 Å². The largest absolute Gasteiger partial charge is 0.384 e. The van der Waals surface area contributed by atoms with Crippen LogP contribution in [0.3, 0.4) is 0 Å². The maximum atomic E-state index is 12.2. The summed E-state index contributed by atoms with van der Waals surface area (Å²) in [5.41, 5.74) is -0.287. The second-order valence-corrected chi connectivity index (χ2v) is 8.43. The van der Waals surface area contributed by atoms with Crippen LogP contribution in [0.1, 0.15) is 58.1 Å². The molecule has 2 fully saturated rings. The van der Waals surface area contributed by atoms with Crippen molar-refractivity contribution in [3.63, 3.8) is 0 Å². The molecule has 1 aliphatic heterocycles. The van der Waals surface area contributed by atoms with Crippen molar-refractivity contribution < 1.29 is 14.1 Å². The third-order valence-corrected chi connectivity index (χ3v) is 5.52. The Kier molecular flexibility index (Phi) is 6.93. The van der Waals surface area contributed by atoms with Crippen molar-refractivity contribution in [1.82, 2.24) is 20.7 Å². The quantitative estimate of drug-likeness (QED) is 0.554. The minimum Gasteiger partial charge on any atom is -0.384 e. The number of amides is 2. The topological polar surface area (TPSA) is 107 Å². The molecule has 3 N–H and O–H groups in total. The standard InChI is InChI=1S/C20H32N4O4/c1-13(2)22-19(26)9-15-5-6-16(24(15)12-14-3-4-14)11-21-18(25)8-7-17-10-20(27)23-28-17/h10,13-16H,3-9,11-12H2,1-2H3,(H,21,25)(H,22,26)(H,23,27)/t15-,16+/m1/s1. The molecule has 1 saturated carbocycles. The minimum absolute atomic E-state index is 0.0452. The van der Waals surface area contributed by atoms with E-state index in [0.717, 1.165) is 25.3 Å².